The van der Waals surface area contributed by atoms with Crippen molar-refractivity contribution in [2.75, 3.05) is 0 Å². The molecule has 0 N–H and O–H groups in total. The number of hydrogen-bond donors (Lipinski definition) is 0. The van der Waals surface area contributed by atoms with Gasteiger partial charge in [-0.05, 0) is 93.8 Å². The molecular formula is C40H75O10V-5. The second kappa shape index (κ2) is 46.0. The third kappa shape index (κ3) is 44.0. The number of aliphatic carboxylic acids is 5. The minimum atomic E-state index is -0.893. The van der Waals surface area contributed by atoms with E-state index in [-0.39, 0.29) is 48.1 Å². The van der Waals surface area contributed by atoms with Crippen LogP contribution in [0.1, 0.15) is 198 Å². The van der Waals surface area contributed by atoms with Crippen LogP contribution in [0.15, 0.2) is 0 Å². The maximum atomic E-state index is 10.3. The third-order valence-electron chi connectivity index (χ3n) is 8.66. The van der Waals surface area contributed by atoms with E-state index >= 15 is 0 Å². The fourth-order valence-electron chi connectivity index (χ4n) is 4.70. The summed E-state index contributed by atoms with van der Waals surface area (Å²) >= 11 is 0. The molecule has 10 nitrogen and oxygen atoms in total. The Bertz CT molecular complexity index is 655. The van der Waals surface area contributed by atoms with Gasteiger partial charge < -0.3 is 49.5 Å². The van der Waals surface area contributed by atoms with E-state index in [1.165, 1.54) is 0 Å². The molecule has 0 aliphatic rings. The van der Waals surface area contributed by atoms with Gasteiger partial charge in [0.15, 0.2) is 0 Å². The number of carbonyl (C=O) groups excluding carboxylic acids is 5. The topological polar surface area (TPSA) is 201 Å². The largest absolute Gasteiger partial charge is 0.550 e. The van der Waals surface area contributed by atoms with Crippen LogP contribution in [-0.2, 0) is 42.5 Å². The Balaban J connectivity index is -0.000000123. The molecule has 0 aromatic rings. The van der Waals surface area contributed by atoms with Crippen LogP contribution in [0.25, 0.3) is 0 Å². The number of carbonyl (C=O) groups is 5. The Morgan fingerprint density at radius 3 is 0.490 bits per heavy atom. The molecule has 0 bridgehead atoms. The van der Waals surface area contributed by atoms with Crippen LogP contribution < -0.4 is 25.5 Å². The van der Waals surface area contributed by atoms with Gasteiger partial charge in [-0.15, -0.1) is 0 Å². The molecule has 0 amide bonds. The number of hydrogen-bond acceptors (Lipinski definition) is 10. The van der Waals surface area contributed by atoms with Crippen molar-refractivity contribution in [2.24, 2.45) is 29.6 Å². The van der Waals surface area contributed by atoms with Crippen molar-refractivity contribution in [2.45, 2.75) is 198 Å². The van der Waals surface area contributed by atoms with Crippen molar-refractivity contribution >= 4 is 29.8 Å². The van der Waals surface area contributed by atoms with Crippen LogP contribution in [0.5, 0.6) is 0 Å². The summed E-state index contributed by atoms with van der Waals surface area (Å²) in [5.74, 6) is -5.57. The molecule has 0 heterocycles. The van der Waals surface area contributed by atoms with Crippen molar-refractivity contribution in [3.63, 3.8) is 0 Å². The van der Waals surface area contributed by atoms with E-state index < -0.39 is 29.8 Å². The van der Waals surface area contributed by atoms with Crippen LogP contribution in [0.4, 0.5) is 0 Å². The molecule has 5 atom stereocenters. The Labute approximate surface area is 324 Å². The maximum absolute atomic E-state index is 10.3. The van der Waals surface area contributed by atoms with Crippen molar-refractivity contribution in [3.8, 4) is 0 Å². The van der Waals surface area contributed by atoms with E-state index in [0.29, 0.717) is 32.1 Å². The van der Waals surface area contributed by atoms with Crippen molar-refractivity contribution in [1.82, 2.24) is 0 Å². The molecule has 1 radical (unpaired) electrons. The fourth-order valence-corrected chi connectivity index (χ4v) is 4.70. The molecule has 0 rings (SSSR count). The van der Waals surface area contributed by atoms with Gasteiger partial charge in [0.05, 0.1) is 0 Å². The summed E-state index contributed by atoms with van der Waals surface area (Å²) in [5.41, 5.74) is 0. The normalized spacial score (nSPS) is 12.7. The predicted octanol–water partition coefficient (Wildman–Crippen LogP) is 4.76. The van der Waals surface area contributed by atoms with Gasteiger partial charge in [0.2, 0.25) is 0 Å². The molecule has 5 unspecified atom stereocenters. The molecule has 0 aliphatic carbocycles. The number of carboxylic acid groups (broad SMARTS) is 5. The third-order valence-corrected chi connectivity index (χ3v) is 8.66. The predicted molar refractivity (Wildman–Crippen MR) is 192 cm³/mol. The Morgan fingerprint density at radius 2 is 0.431 bits per heavy atom. The van der Waals surface area contributed by atoms with E-state index in [9.17, 15) is 49.5 Å². The molecular weight excluding hydrogens is 691 g/mol. The van der Waals surface area contributed by atoms with Crippen LogP contribution in [-0.4, -0.2) is 29.8 Å². The minimum absolute atomic E-state index is 0. The molecule has 11 heteroatoms. The van der Waals surface area contributed by atoms with E-state index in [1.54, 1.807) is 0 Å². The summed E-state index contributed by atoms with van der Waals surface area (Å²) in [7, 11) is 0. The smallest absolute Gasteiger partial charge is 0.0445 e. The summed E-state index contributed by atoms with van der Waals surface area (Å²) in [6.45, 7) is 19.7. The minimum Gasteiger partial charge on any atom is -0.550 e. The van der Waals surface area contributed by atoms with Gasteiger partial charge in [-0.25, -0.2) is 0 Å². The average Bonchev–Trinajstić information content (AvgIpc) is 3.07. The summed E-state index contributed by atoms with van der Waals surface area (Å²) in [5, 5.41) is 51.6. The van der Waals surface area contributed by atoms with Gasteiger partial charge in [-0.3, -0.25) is 0 Å². The Hall–Kier alpha value is -2.07. The molecule has 0 aromatic heterocycles. The van der Waals surface area contributed by atoms with Gasteiger partial charge >= 0.3 is 0 Å². The number of rotatable bonds is 25. The zero-order valence-electron chi connectivity index (χ0n) is 34.1. The molecule has 0 aliphatic heterocycles. The van der Waals surface area contributed by atoms with Gasteiger partial charge in [0.25, 0.3) is 0 Å². The van der Waals surface area contributed by atoms with Crippen LogP contribution in [0.3, 0.4) is 0 Å². The zero-order valence-corrected chi connectivity index (χ0v) is 35.5. The average molecular weight is 767 g/mol. The van der Waals surface area contributed by atoms with Crippen molar-refractivity contribution in [3.05, 3.63) is 0 Å². The number of unbranched alkanes of at least 4 members (excludes halogenated alkanes) is 5. The SMILES string of the molecule is CCCCC(CC)C(=O)[O-].CCCCC(CC)C(=O)[O-].CCCCC(CC)C(=O)[O-].CCCCC(CC)C(=O)[O-].CCCCC(CC)C(=O)[O-].[V]. The van der Waals surface area contributed by atoms with Gasteiger partial charge in [0.1, 0.15) is 0 Å². The summed E-state index contributed by atoms with van der Waals surface area (Å²) in [6, 6.07) is 0. The fraction of sp³-hybridized carbons (Fsp3) is 0.875. The molecule has 51 heavy (non-hydrogen) atoms. The first-order valence-corrected chi connectivity index (χ1v) is 19.6. The van der Waals surface area contributed by atoms with E-state index in [4.69, 9.17) is 0 Å². The first kappa shape index (κ1) is 61.0. The van der Waals surface area contributed by atoms with Crippen molar-refractivity contribution < 1.29 is 68.1 Å². The van der Waals surface area contributed by atoms with Gasteiger partial charge in [-0.1, -0.05) is 133 Å². The zero-order chi connectivity index (χ0) is 39.9. The van der Waals surface area contributed by atoms with E-state index in [2.05, 4.69) is 34.6 Å². The first-order chi connectivity index (χ1) is 23.6. The maximum Gasteiger partial charge on any atom is 0.0445 e. The first-order valence-electron chi connectivity index (χ1n) is 19.6. The Morgan fingerprint density at radius 1 is 0.314 bits per heavy atom. The van der Waals surface area contributed by atoms with Crippen LogP contribution >= 0.6 is 0 Å². The van der Waals surface area contributed by atoms with Crippen molar-refractivity contribution in [1.29, 1.82) is 0 Å². The van der Waals surface area contributed by atoms with Gasteiger partial charge in [-0.2, -0.15) is 0 Å². The second-order valence-electron chi connectivity index (χ2n) is 12.8. The molecule has 0 fully saturated rings. The monoisotopic (exact) mass is 766 g/mol. The number of carboxylic acids is 5. The van der Waals surface area contributed by atoms with E-state index in [0.717, 1.165) is 96.3 Å². The standard InChI is InChI=1S/5C8H16O2.V/c5*1-3-5-6-7(4-2)8(9)10;/h5*7H,3-6H2,1-2H3,(H,9,10);/p-5. The quantitative estimate of drug-likeness (QED) is 0.125. The summed E-state index contributed by atoms with van der Waals surface area (Å²) < 4.78 is 0. The second-order valence-corrected chi connectivity index (χ2v) is 12.8. The summed E-state index contributed by atoms with van der Waals surface area (Å²) in [4.78, 5) is 51.6. The van der Waals surface area contributed by atoms with E-state index in [1.807, 2.05) is 34.6 Å². The molecule has 0 saturated heterocycles. The van der Waals surface area contributed by atoms with Crippen LogP contribution in [0, 0.1) is 29.6 Å². The molecule has 305 valence electrons. The van der Waals surface area contributed by atoms with Gasteiger partial charge in [0, 0.05) is 48.4 Å². The molecule has 0 saturated carbocycles. The molecule has 0 aromatic carbocycles. The molecule has 0 spiro atoms. The summed E-state index contributed by atoms with van der Waals surface area (Å²) in [6.07, 6.45) is 17.6. The Kier molecular flexibility index (Phi) is 55.0. The van der Waals surface area contributed by atoms with Crippen LogP contribution in [0.2, 0.25) is 0 Å².